The first-order valence-corrected chi connectivity index (χ1v) is 12.5. The van der Waals surface area contributed by atoms with E-state index in [0.29, 0.717) is 24.4 Å². The average molecular weight is 479 g/mol. The van der Waals surface area contributed by atoms with Crippen LogP contribution in [0.3, 0.4) is 0 Å². The summed E-state index contributed by atoms with van der Waals surface area (Å²) in [4.78, 5) is 27.7. The summed E-state index contributed by atoms with van der Waals surface area (Å²) in [7, 11) is 0. The van der Waals surface area contributed by atoms with Crippen LogP contribution in [0.5, 0.6) is 0 Å². The minimum Gasteiger partial charge on any atom is -0.482 e. The van der Waals surface area contributed by atoms with Crippen molar-refractivity contribution >= 4 is 17.9 Å². The molecule has 0 spiro atoms. The average Bonchev–Trinajstić information content (AvgIpc) is 3.39. The molecule has 3 atom stereocenters. The van der Waals surface area contributed by atoms with E-state index in [4.69, 9.17) is 9.47 Å². The molecule has 1 saturated carbocycles. The van der Waals surface area contributed by atoms with E-state index in [1.54, 1.807) is 24.3 Å². The van der Waals surface area contributed by atoms with Crippen molar-refractivity contribution in [2.45, 2.75) is 63.3 Å². The lowest BCUT2D eigenvalue weighted by Gasteiger charge is -2.44. The number of halogens is 1. The van der Waals surface area contributed by atoms with E-state index in [2.05, 4.69) is 5.32 Å². The molecular weight excluding hydrogens is 447 g/mol. The number of benzene rings is 2. The Hall–Kier alpha value is -3.19. The Balaban J connectivity index is 1.30. The molecule has 2 amide bonds. The van der Waals surface area contributed by atoms with Crippen molar-refractivity contribution in [2.75, 3.05) is 13.2 Å². The predicted molar refractivity (Wildman–Crippen MR) is 130 cm³/mol. The molecule has 0 aromatic heterocycles. The van der Waals surface area contributed by atoms with Crippen LogP contribution < -0.4 is 5.32 Å². The van der Waals surface area contributed by atoms with E-state index in [1.807, 2.05) is 23.1 Å². The number of amides is 2. The van der Waals surface area contributed by atoms with Gasteiger partial charge in [0.1, 0.15) is 11.9 Å². The molecule has 2 aromatic carbocycles. The summed E-state index contributed by atoms with van der Waals surface area (Å²) in [6, 6.07) is 13.5. The molecule has 2 aromatic rings. The van der Waals surface area contributed by atoms with Gasteiger partial charge in [0.15, 0.2) is 5.76 Å². The summed E-state index contributed by atoms with van der Waals surface area (Å²) in [6.45, 7) is 1.62. The number of carbonyl (C=O) groups is 2. The highest BCUT2D eigenvalue weighted by molar-refractivity contribution is 5.97. The normalized spacial score (nSPS) is 25.3. The van der Waals surface area contributed by atoms with Gasteiger partial charge in [-0.15, -0.1) is 0 Å². The summed E-state index contributed by atoms with van der Waals surface area (Å²) in [5, 5.41) is 2.92. The fraction of sp³-hybridized carbons (Fsp3) is 0.429. The topological polar surface area (TPSA) is 67.9 Å². The number of nitrogens with one attached hydrogen (secondary N) is 1. The lowest BCUT2D eigenvalue weighted by Crippen LogP contribution is -2.54. The number of rotatable bonds is 6. The third-order valence-electron chi connectivity index (χ3n) is 7.04. The van der Waals surface area contributed by atoms with Crippen LogP contribution in [0.1, 0.15) is 60.0 Å². The lowest BCUT2D eigenvalue weighted by molar-refractivity contribution is -0.149. The van der Waals surface area contributed by atoms with E-state index >= 15 is 0 Å². The van der Waals surface area contributed by atoms with Gasteiger partial charge in [0, 0.05) is 25.3 Å². The van der Waals surface area contributed by atoms with Gasteiger partial charge in [-0.05, 0) is 73.6 Å². The molecule has 1 aliphatic carbocycles. The summed E-state index contributed by atoms with van der Waals surface area (Å²) in [5.74, 6) is -0.342. The number of fused-ring (bicyclic) bond motifs is 1. The molecule has 35 heavy (non-hydrogen) atoms. The standard InChI is InChI=1S/C28H31FN2O4/c29-22-6-3-5-20(15-22)18-31-24-8-1-2-9-25(24)35-26(28(31)33)16-19-10-12-21(13-11-19)27(32)30-17-23-7-4-14-34-23/h3,5-6,10-13,15-16,23-25H,1-2,4,7-9,14,17-18H2,(H,30,32)/b26-16-. The molecular formula is C28H31FN2O4. The monoisotopic (exact) mass is 478 g/mol. The molecule has 3 fully saturated rings. The first kappa shape index (κ1) is 23.5. The Morgan fingerprint density at radius 2 is 1.91 bits per heavy atom. The van der Waals surface area contributed by atoms with Crippen molar-refractivity contribution < 1.29 is 23.5 Å². The Morgan fingerprint density at radius 1 is 1.09 bits per heavy atom. The molecule has 0 bridgehead atoms. The molecule has 3 unspecified atom stereocenters. The van der Waals surface area contributed by atoms with Crippen LogP contribution in [0.2, 0.25) is 0 Å². The van der Waals surface area contributed by atoms with Gasteiger partial charge in [-0.1, -0.05) is 30.7 Å². The number of ether oxygens (including phenoxy) is 2. The van der Waals surface area contributed by atoms with Crippen LogP contribution in [-0.4, -0.2) is 48.1 Å². The van der Waals surface area contributed by atoms with Gasteiger partial charge in [0.25, 0.3) is 11.8 Å². The Morgan fingerprint density at radius 3 is 2.69 bits per heavy atom. The molecule has 2 saturated heterocycles. The van der Waals surface area contributed by atoms with Crippen LogP contribution in [0.4, 0.5) is 4.39 Å². The summed E-state index contributed by atoms with van der Waals surface area (Å²) >= 11 is 0. The van der Waals surface area contributed by atoms with Gasteiger partial charge < -0.3 is 19.7 Å². The Bertz CT molecular complexity index is 1090. The van der Waals surface area contributed by atoms with Crippen molar-refractivity contribution in [3.63, 3.8) is 0 Å². The molecule has 2 heterocycles. The van der Waals surface area contributed by atoms with E-state index in [-0.39, 0.29) is 35.9 Å². The van der Waals surface area contributed by atoms with E-state index < -0.39 is 0 Å². The van der Waals surface area contributed by atoms with Crippen LogP contribution in [0.25, 0.3) is 6.08 Å². The van der Waals surface area contributed by atoms with Crippen molar-refractivity contribution in [1.82, 2.24) is 10.2 Å². The van der Waals surface area contributed by atoms with Crippen molar-refractivity contribution in [1.29, 1.82) is 0 Å². The zero-order valence-corrected chi connectivity index (χ0v) is 19.8. The van der Waals surface area contributed by atoms with Crippen LogP contribution in [-0.2, 0) is 20.8 Å². The molecule has 184 valence electrons. The molecule has 7 heteroatoms. The molecule has 1 N–H and O–H groups in total. The maximum Gasteiger partial charge on any atom is 0.289 e. The Labute approximate surface area is 205 Å². The highest BCUT2D eigenvalue weighted by Crippen LogP contribution is 2.34. The largest absolute Gasteiger partial charge is 0.482 e. The molecule has 5 rings (SSSR count). The Kier molecular flexibility index (Phi) is 7.13. The second kappa shape index (κ2) is 10.6. The number of carbonyl (C=O) groups excluding carboxylic acids is 2. The SMILES string of the molecule is O=C(NCC1CCCO1)c1ccc(/C=C2\OC3CCCCC3N(Cc3cccc(F)c3)C2=O)cc1. The quantitative estimate of drug-likeness (QED) is 0.623. The van der Waals surface area contributed by atoms with E-state index in [1.165, 1.54) is 12.1 Å². The minimum atomic E-state index is -0.306. The number of morpholine rings is 1. The fourth-order valence-electron chi connectivity index (χ4n) is 5.19. The van der Waals surface area contributed by atoms with E-state index in [0.717, 1.165) is 56.3 Å². The summed E-state index contributed by atoms with van der Waals surface area (Å²) in [6.07, 6.45) is 7.65. The predicted octanol–water partition coefficient (Wildman–Crippen LogP) is 4.45. The molecule has 3 aliphatic rings. The van der Waals surface area contributed by atoms with Gasteiger partial charge in [0.2, 0.25) is 0 Å². The highest BCUT2D eigenvalue weighted by atomic mass is 19.1. The first-order chi connectivity index (χ1) is 17.1. The number of nitrogens with zero attached hydrogens (tertiary/aromatic N) is 1. The van der Waals surface area contributed by atoms with Gasteiger partial charge in [0.05, 0.1) is 12.1 Å². The third-order valence-corrected chi connectivity index (χ3v) is 7.04. The van der Waals surface area contributed by atoms with Gasteiger partial charge in [-0.3, -0.25) is 9.59 Å². The maximum atomic E-state index is 13.8. The molecule has 6 nitrogen and oxygen atoms in total. The number of hydrogen-bond donors (Lipinski definition) is 1. The van der Waals surface area contributed by atoms with E-state index in [9.17, 15) is 14.0 Å². The summed E-state index contributed by atoms with van der Waals surface area (Å²) in [5.41, 5.74) is 2.10. The molecule has 2 aliphatic heterocycles. The first-order valence-electron chi connectivity index (χ1n) is 12.5. The van der Waals surface area contributed by atoms with Crippen molar-refractivity contribution in [3.8, 4) is 0 Å². The van der Waals surface area contributed by atoms with Crippen LogP contribution >= 0.6 is 0 Å². The fourth-order valence-corrected chi connectivity index (χ4v) is 5.19. The van der Waals surface area contributed by atoms with Crippen molar-refractivity contribution in [3.05, 3.63) is 76.8 Å². The van der Waals surface area contributed by atoms with Gasteiger partial charge in [-0.25, -0.2) is 4.39 Å². The zero-order valence-electron chi connectivity index (χ0n) is 19.8. The second-order valence-electron chi connectivity index (χ2n) is 9.55. The third kappa shape index (κ3) is 5.56. The van der Waals surface area contributed by atoms with Crippen molar-refractivity contribution in [2.24, 2.45) is 0 Å². The minimum absolute atomic E-state index is 0.00779. The lowest BCUT2D eigenvalue weighted by atomic mass is 9.89. The van der Waals surface area contributed by atoms with Gasteiger partial charge >= 0.3 is 0 Å². The number of hydrogen-bond acceptors (Lipinski definition) is 4. The smallest absolute Gasteiger partial charge is 0.289 e. The van der Waals surface area contributed by atoms with Gasteiger partial charge in [-0.2, -0.15) is 0 Å². The summed E-state index contributed by atoms with van der Waals surface area (Å²) < 4.78 is 25.5. The van der Waals surface area contributed by atoms with Crippen LogP contribution in [0.15, 0.2) is 54.3 Å². The molecule has 0 radical (unpaired) electrons. The second-order valence-corrected chi connectivity index (χ2v) is 9.55. The maximum absolute atomic E-state index is 13.8. The van der Waals surface area contributed by atoms with Crippen LogP contribution in [0, 0.1) is 5.82 Å². The highest BCUT2D eigenvalue weighted by Gasteiger charge is 2.41. The zero-order chi connectivity index (χ0) is 24.2.